The summed E-state index contributed by atoms with van der Waals surface area (Å²) in [6, 6.07) is 1.76. The van der Waals surface area contributed by atoms with E-state index in [0.29, 0.717) is 0 Å². The molecule has 1 atom stereocenters. The minimum Gasteiger partial charge on any atom is -0.313 e. The third kappa shape index (κ3) is 5.19. The van der Waals surface area contributed by atoms with Crippen molar-refractivity contribution in [3.8, 4) is 0 Å². The molecule has 0 aromatic rings. The van der Waals surface area contributed by atoms with Crippen LogP contribution in [0, 0.1) is 0 Å². The van der Waals surface area contributed by atoms with Crippen LogP contribution in [-0.2, 0) is 0 Å². The molecule has 1 aliphatic heterocycles. The van der Waals surface area contributed by atoms with Crippen molar-refractivity contribution in [3.05, 3.63) is 0 Å². The minimum absolute atomic E-state index is 0.793. The number of likely N-dealkylation sites (tertiary alicyclic amines) is 1. The average Bonchev–Trinajstić information content (AvgIpc) is 3.09. The molecule has 100 valence electrons. The molecule has 0 spiro atoms. The maximum absolute atomic E-state index is 3.74. The molecule has 17 heavy (non-hydrogen) atoms. The molecule has 1 heterocycles. The third-order valence-corrected chi connectivity index (χ3v) is 4.69. The summed E-state index contributed by atoms with van der Waals surface area (Å²) in [6.45, 7) is 3.90. The summed E-state index contributed by atoms with van der Waals surface area (Å²) in [5.41, 5.74) is 0. The van der Waals surface area contributed by atoms with Gasteiger partial charge in [-0.3, -0.25) is 4.90 Å². The Hall–Kier alpha value is 0.270. The second kappa shape index (κ2) is 7.65. The zero-order valence-corrected chi connectivity index (χ0v) is 12.1. The van der Waals surface area contributed by atoms with E-state index in [-0.39, 0.29) is 0 Å². The van der Waals surface area contributed by atoms with Crippen LogP contribution in [-0.4, -0.2) is 48.6 Å². The normalized spacial score (nSPS) is 25.6. The highest BCUT2D eigenvalue weighted by molar-refractivity contribution is 7.98. The molecule has 1 saturated carbocycles. The van der Waals surface area contributed by atoms with Crippen LogP contribution in [0.3, 0.4) is 0 Å². The lowest BCUT2D eigenvalue weighted by atomic mass is 10.2. The fourth-order valence-corrected chi connectivity index (χ4v) is 3.25. The molecule has 0 aromatic heterocycles. The van der Waals surface area contributed by atoms with Crippen molar-refractivity contribution in [2.75, 3.05) is 31.6 Å². The van der Waals surface area contributed by atoms with Gasteiger partial charge >= 0.3 is 0 Å². The summed E-state index contributed by atoms with van der Waals surface area (Å²) in [4.78, 5) is 2.69. The first kappa shape index (κ1) is 13.7. The number of unbranched alkanes of at least 4 members (excludes halogenated alkanes) is 3. The fourth-order valence-electron chi connectivity index (χ4n) is 2.76. The number of thioether (sulfide) groups is 1. The molecule has 1 saturated heterocycles. The van der Waals surface area contributed by atoms with Gasteiger partial charge < -0.3 is 5.32 Å². The van der Waals surface area contributed by atoms with Crippen LogP contribution >= 0.6 is 11.8 Å². The van der Waals surface area contributed by atoms with Gasteiger partial charge in [0, 0.05) is 25.2 Å². The third-order valence-electron chi connectivity index (χ3n) is 3.99. The first-order valence-corrected chi connectivity index (χ1v) is 8.76. The van der Waals surface area contributed by atoms with Crippen LogP contribution in [0.2, 0.25) is 0 Å². The molecular weight excluding hydrogens is 228 g/mol. The van der Waals surface area contributed by atoms with Gasteiger partial charge in [-0.2, -0.15) is 11.8 Å². The van der Waals surface area contributed by atoms with Gasteiger partial charge in [-0.1, -0.05) is 12.8 Å². The van der Waals surface area contributed by atoms with Crippen LogP contribution in [0.15, 0.2) is 0 Å². The minimum atomic E-state index is 0.793. The quantitative estimate of drug-likeness (QED) is 0.639. The number of nitrogens with one attached hydrogen (secondary N) is 1. The second-order valence-electron chi connectivity index (χ2n) is 5.57. The molecule has 1 unspecified atom stereocenters. The lowest BCUT2D eigenvalue weighted by molar-refractivity contribution is 0.317. The Labute approximate surface area is 111 Å². The number of hydrogen-bond donors (Lipinski definition) is 1. The monoisotopic (exact) mass is 256 g/mol. The molecule has 1 N–H and O–H groups in total. The van der Waals surface area contributed by atoms with Gasteiger partial charge in [0.1, 0.15) is 0 Å². The summed E-state index contributed by atoms with van der Waals surface area (Å²) in [6.07, 6.45) is 12.1. The van der Waals surface area contributed by atoms with Crippen LogP contribution in [0.25, 0.3) is 0 Å². The lowest BCUT2D eigenvalue weighted by Crippen LogP contribution is -2.33. The molecule has 2 rings (SSSR count). The Morgan fingerprint density at radius 2 is 1.94 bits per heavy atom. The van der Waals surface area contributed by atoms with Crippen LogP contribution < -0.4 is 5.32 Å². The highest BCUT2D eigenvalue weighted by Crippen LogP contribution is 2.29. The molecule has 0 bridgehead atoms. The number of rotatable bonds is 9. The topological polar surface area (TPSA) is 15.3 Å². The van der Waals surface area contributed by atoms with Crippen molar-refractivity contribution in [1.82, 2.24) is 10.2 Å². The Balaban J connectivity index is 1.40. The van der Waals surface area contributed by atoms with E-state index in [1.807, 2.05) is 11.8 Å². The molecule has 0 radical (unpaired) electrons. The van der Waals surface area contributed by atoms with E-state index in [1.165, 1.54) is 70.3 Å². The molecule has 3 heteroatoms. The maximum atomic E-state index is 3.74. The van der Waals surface area contributed by atoms with Crippen LogP contribution in [0.4, 0.5) is 0 Å². The van der Waals surface area contributed by atoms with E-state index in [9.17, 15) is 0 Å². The molecule has 1 aliphatic carbocycles. The zero-order valence-electron chi connectivity index (χ0n) is 11.3. The van der Waals surface area contributed by atoms with Crippen LogP contribution in [0.5, 0.6) is 0 Å². The fraction of sp³-hybridized carbons (Fsp3) is 1.00. The molecular formula is C14H28N2S. The number of nitrogens with zero attached hydrogens (tertiary/aromatic N) is 1. The average molecular weight is 256 g/mol. The summed E-state index contributed by atoms with van der Waals surface area (Å²) in [7, 11) is 0. The Bertz CT molecular complexity index is 206. The molecule has 2 aliphatic rings. The Morgan fingerprint density at radius 3 is 2.71 bits per heavy atom. The highest BCUT2D eigenvalue weighted by atomic mass is 32.2. The first-order chi connectivity index (χ1) is 8.40. The zero-order chi connectivity index (χ0) is 11.9. The smallest absolute Gasteiger partial charge is 0.0207 e. The summed E-state index contributed by atoms with van der Waals surface area (Å²) in [5, 5.41) is 3.74. The van der Waals surface area contributed by atoms with Gasteiger partial charge in [0.15, 0.2) is 0 Å². The van der Waals surface area contributed by atoms with E-state index in [1.54, 1.807) is 0 Å². The maximum Gasteiger partial charge on any atom is 0.0207 e. The standard InChI is InChI=1S/C14H28N2S/c1-17-11-5-3-2-4-9-15-13-8-10-16(12-13)14-6-7-14/h13-15H,2-12H2,1H3. The van der Waals surface area contributed by atoms with E-state index >= 15 is 0 Å². The number of hydrogen-bond acceptors (Lipinski definition) is 3. The highest BCUT2D eigenvalue weighted by Gasteiger charge is 2.33. The summed E-state index contributed by atoms with van der Waals surface area (Å²) < 4.78 is 0. The predicted octanol–water partition coefficient (Wildman–Crippen LogP) is 2.74. The van der Waals surface area contributed by atoms with Gasteiger partial charge in [0.2, 0.25) is 0 Å². The van der Waals surface area contributed by atoms with Crippen molar-refractivity contribution < 1.29 is 0 Å². The molecule has 2 fully saturated rings. The lowest BCUT2D eigenvalue weighted by Gasteiger charge is -2.15. The van der Waals surface area contributed by atoms with Crippen molar-refractivity contribution >= 4 is 11.8 Å². The van der Waals surface area contributed by atoms with E-state index in [0.717, 1.165) is 12.1 Å². The van der Waals surface area contributed by atoms with E-state index in [2.05, 4.69) is 16.5 Å². The predicted molar refractivity (Wildman–Crippen MR) is 77.9 cm³/mol. The Morgan fingerprint density at radius 1 is 1.12 bits per heavy atom. The SMILES string of the molecule is CSCCCCCCNC1CCN(C2CC2)C1. The van der Waals surface area contributed by atoms with Crippen LogP contribution in [0.1, 0.15) is 44.9 Å². The van der Waals surface area contributed by atoms with Crippen molar-refractivity contribution in [2.45, 2.75) is 57.0 Å². The largest absolute Gasteiger partial charge is 0.313 e. The summed E-state index contributed by atoms with van der Waals surface area (Å²) in [5.74, 6) is 1.34. The summed E-state index contributed by atoms with van der Waals surface area (Å²) >= 11 is 1.97. The van der Waals surface area contributed by atoms with Crippen molar-refractivity contribution in [2.24, 2.45) is 0 Å². The van der Waals surface area contributed by atoms with Gasteiger partial charge in [-0.05, 0) is 50.7 Å². The van der Waals surface area contributed by atoms with Crippen molar-refractivity contribution in [3.63, 3.8) is 0 Å². The molecule has 2 nitrogen and oxygen atoms in total. The first-order valence-electron chi connectivity index (χ1n) is 7.36. The van der Waals surface area contributed by atoms with E-state index in [4.69, 9.17) is 0 Å². The second-order valence-corrected chi connectivity index (χ2v) is 6.56. The van der Waals surface area contributed by atoms with Gasteiger partial charge in [-0.25, -0.2) is 0 Å². The van der Waals surface area contributed by atoms with E-state index < -0.39 is 0 Å². The van der Waals surface area contributed by atoms with Gasteiger partial charge in [0.05, 0.1) is 0 Å². The van der Waals surface area contributed by atoms with Crippen molar-refractivity contribution in [1.29, 1.82) is 0 Å². The molecule has 0 amide bonds. The molecule has 0 aromatic carbocycles. The van der Waals surface area contributed by atoms with Gasteiger partial charge in [0.25, 0.3) is 0 Å². The van der Waals surface area contributed by atoms with Gasteiger partial charge in [-0.15, -0.1) is 0 Å². The Kier molecular flexibility index (Phi) is 6.16.